The number of carbonyl (C=O) groups excluding carboxylic acids is 1. The Bertz CT molecular complexity index is 641. The van der Waals surface area contributed by atoms with Crippen LogP contribution in [0.5, 0.6) is 0 Å². The second kappa shape index (κ2) is 6.11. The first-order valence-corrected chi connectivity index (χ1v) is 6.51. The standard InChI is InChI=1S/C14H11Cl2FN2O/c1-18-12-6-5-8(15)7-9(12)14(20)19-13-10(16)3-2-4-11(13)17/h2-7,18H,1H3,(H,19,20). The molecule has 0 aliphatic carbocycles. The topological polar surface area (TPSA) is 41.1 Å². The van der Waals surface area contributed by atoms with Gasteiger partial charge in [-0.25, -0.2) is 4.39 Å². The molecule has 6 heteroatoms. The monoisotopic (exact) mass is 312 g/mol. The highest BCUT2D eigenvalue weighted by molar-refractivity contribution is 6.34. The van der Waals surface area contributed by atoms with Crippen molar-refractivity contribution in [3.05, 3.63) is 57.8 Å². The summed E-state index contributed by atoms with van der Waals surface area (Å²) in [5.41, 5.74) is 0.833. The van der Waals surface area contributed by atoms with Crippen molar-refractivity contribution in [2.75, 3.05) is 17.7 Å². The van der Waals surface area contributed by atoms with E-state index < -0.39 is 11.7 Å². The van der Waals surface area contributed by atoms with Crippen LogP contribution in [0.2, 0.25) is 10.0 Å². The van der Waals surface area contributed by atoms with Crippen molar-refractivity contribution in [1.29, 1.82) is 0 Å². The second-order valence-electron chi connectivity index (χ2n) is 3.99. The first-order chi connectivity index (χ1) is 9.52. The summed E-state index contributed by atoms with van der Waals surface area (Å²) in [7, 11) is 1.68. The third-order valence-corrected chi connectivity index (χ3v) is 3.25. The Kier molecular flexibility index (Phi) is 4.47. The van der Waals surface area contributed by atoms with E-state index in [1.165, 1.54) is 24.3 Å². The average molecular weight is 313 g/mol. The predicted octanol–water partition coefficient (Wildman–Crippen LogP) is 4.43. The highest BCUT2D eigenvalue weighted by atomic mass is 35.5. The Hall–Kier alpha value is -1.78. The van der Waals surface area contributed by atoms with Crippen LogP contribution < -0.4 is 10.6 Å². The fraction of sp³-hybridized carbons (Fsp3) is 0.0714. The SMILES string of the molecule is CNc1ccc(Cl)cc1C(=O)Nc1c(F)cccc1Cl. The van der Waals surface area contributed by atoms with Crippen molar-refractivity contribution in [3.8, 4) is 0 Å². The number of anilines is 2. The first-order valence-electron chi connectivity index (χ1n) is 5.75. The Labute approximate surface area is 125 Å². The molecular formula is C14H11Cl2FN2O. The zero-order valence-corrected chi connectivity index (χ0v) is 12.0. The van der Waals surface area contributed by atoms with Crippen molar-refractivity contribution in [2.45, 2.75) is 0 Å². The van der Waals surface area contributed by atoms with Crippen LogP contribution in [0.25, 0.3) is 0 Å². The smallest absolute Gasteiger partial charge is 0.257 e. The summed E-state index contributed by atoms with van der Waals surface area (Å²) in [5.74, 6) is -1.09. The van der Waals surface area contributed by atoms with Gasteiger partial charge in [-0.15, -0.1) is 0 Å². The molecule has 0 spiro atoms. The quantitative estimate of drug-likeness (QED) is 0.880. The first kappa shape index (κ1) is 14.6. The fourth-order valence-electron chi connectivity index (χ4n) is 1.72. The van der Waals surface area contributed by atoms with Crippen LogP contribution in [0.3, 0.4) is 0 Å². The molecule has 0 saturated heterocycles. The van der Waals surface area contributed by atoms with Gasteiger partial charge in [0, 0.05) is 17.8 Å². The molecule has 20 heavy (non-hydrogen) atoms. The van der Waals surface area contributed by atoms with Crippen molar-refractivity contribution in [2.24, 2.45) is 0 Å². The van der Waals surface area contributed by atoms with Crippen LogP contribution in [0.4, 0.5) is 15.8 Å². The number of carbonyl (C=O) groups is 1. The molecule has 0 aliphatic rings. The van der Waals surface area contributed by atoms with Gasteiger partial charge in [0.1, 0.15) is 5.82 Å². The molecule has 2 rings (SSSR count). The van der Waals surface area contributed by atoms with Crippen LogP contribution in [-0.4, -0.2) is 13.0 Å². The Morgan fingerprint density at radius 1 is 1.20 bits per heavy atom. The van der Waals surface area contributed by atoms with Crippen molar-refractivity contribution in [3.63, 3.8) is 0 Å². The summed E-state index contributed by atoms with van der Waals surface area (Å²) < 4.78 is 13.6. The Balaban J connectivity index is 2.35. The summed E-state index contributed by atoms with van der Waals surface area (Å²) in [5, 5.41) is 5.87. The average Bonchev–Trinajstić information content (AvgIpc) is 2.43. The lowest BCUT2D eigenvalue weighted by Gasteiger charge is -2.11. The normalized spacial score (nSPS) is 10.2. The van der Waals surface area contributed by atoms with E-state index in [0.717, 1.165) is 0 Å². The second-order valence-corrected chi connectivity index (χ2v) is 4.83. The highest BCUT2D eigenvalue weighted by Crippen LogP contribution is 2.27. The maximum absolute atomic E-state index is 13.6. The maximum atomic E-state index is 13.6. The number of hydrogen-bond acceptors (Lipinski definition) is 2. The lowest BCUT2D eigenvalue weighted by Crippen LogP contribution is -2.15. The Morgan fingerprint density at radius 2 is 1.95 bits per heavy atom. The van der Waals surface area contributed by atoms with Gasteiger partial charge in [0.05, 0.1) is 16.3 Å². The van der Waals surface area contributed by atoms with Gasteiger partial charge in [0.2, 0.25) is 0 Å². The molecule has 0 saturated carbocycles. The molecule has 2 N–H and O–H groups in total. The summed E-state index contributed by atoms with van der Waals surface area (Å²) in [6.07, 6.45) is 0. The number of nitrogens with one attached hydrogen (secondary N) is 2. The Morgan fingerprint density at radius 3 is 2.60 bits per heavy atom. The molecule has 2 aromatic rings. The van der Waals surface area contributed by atoms with Gasteiger partial charge in [0.15, 0.2) is 0 Å². The zero-order chi connectivity index (χ0) is 14.7. The number of amides is 1. The van der Waals surface area contributed by atoms with Crippen molar-refractivity contribution < 1.29 is 9.18 Å². The summed E-state index contributed by atoms with van der Waals surface area (Å²) in [6.45, 7) is 0. The van der Waals surface area contributed by atoms with Crippen molar-refractivity contribution >= 4 is 40.5 Å². The van der Waals surface area contributed by atoms with Crippen LogP contribution in [0.15, 0.2) is 36.4 Å². The van der Waals surface area contributed by atoms with Crippen LogP contribution in [0, 0.1) is 5.82 Å². The van der Waals surface area contributed by atoms with Gasteiger partial charge in [-0.05, 0) is 30.3 Å². The van der Waals surface area contributed by atoms with E-state index in [9.17, 15) is 9.18 Å². The molecular weight excluding hydrogens is 302 g/mol. The molecule has 0 fully saturated rings. The van der Waals surface area contributed by atoms with E-state index in [-0.39, 0.29) is 10.7 Å². The summed E-state index contributed by atoms with van der Waals surface area (Å²) in [6, 6.07) is 9.00. The van der Waals surface area contributed by atoms with Gasteiger partial charge in [0.25, 0.3) is 5.91 Å². The van der Waals surface area contributed by atoms with E-state index in [4.69, 9.17) is 23.2 Å². The van der Waals surface area contributed by atoms with Gasteiger partial charge in [-0.2, -0.15) is 0 Å². The number of benzene rings is 2. The van der Waals surface area contributed by atoms with E-state index in [0.29, 0.717) is 16.3 Å². The van der Waals surface area contributed by atoms with E-state index in [1.54, 1.807) is 19.2 Å². The minimum Gasteiger partial charge on any atom is -0.387 e. The van der Waals surface area contributed by atoms with Gasteiger partial charge >= 0.3 is 0 Å². The van der Waals surface area contributed by atoms with Crippen LogP contribution in [0.1, 0.15) is 10.4 Å². The summed E-state index contributed by atoms with van der Waals surface area (Å²) >= 11 is 11.7. The molecule has 0 radical (unpaired) electrons. The molecule has 0 atom stereocenters. The highest BCUT2D eigenvalue weighted by Gasteiger charge is 2.15. The number of rotatable bonds is 3. The van der Waals surface area contributed by atoms with Gasteiger partial charge in [-0.1, -0.05) is 29.3 Å². The van der Waals surface area contributed by atoms with E-state index in [2.05, 4.69) is 10.6 Å². The minimum atomic E-state index is -0.598. The third kappa shape index (κ3) is 3.03. The van der Waals surface area contributed by atoms with E-state index >= 15 is 0 Å². The van der Waals surface area contributed by atoms with E-state index in [1.807, 2.05) is 0 Å². The lowest BCUT2D eigenvalue weighted by atomic mass is 10.1. The fourth-order valence-corrected chi connectivity index (χ4v) is 2.10. The lowest BCUT2D eigenvalue weighted by molar-refractivity contribution is 0.102. The molecule has 104 valence electrons. The molecule has 1 amide bonds. The van der Waals surface area contributed by atoms with Gasteiger partial charge < -0.3 is 10.6 Å². The molecule has 0 aromatic heterocycles. The van der Waals surface area contributed by atoms with Crippen LogP contribution >= 0.6 is 23.2 Å². The number of para-hydroxylation sites is 1. The molecule has 0 heterocycles. The number of halogens is 3. The van der Waals surface area contributed by atoms with Crippen LogP contribution in [-0.2, 0) is 0 Å². The zero-order valence-electron chi connectivity index (χ0n) is 10.5. The van der Waals surface area contributed by atoms with Gasteiger partial charge in [-0.3, -0.25) is 4.79 Å². The number of hydrogen-bond donors (Lipinski definition) is 2. The minimum absolute atomic E-state index is 0.0544. The molecule has 2 aromatic carbocycles. The maximum Gasteiger partial charge on any atom is 0.257 e. The molecule has 0 unspecified atom stereocenters. The molecule has 3 nitrogen and oxygen atoms in total. The predicted molar refractivity (Wildman–Crippen MR) is 80.4 cm³/mol. The van der Waals surface area contributed by atoms with Crippen molar-refractivity contribution in [1.82, 2.24) is 0 Å². The third-order valence-electron chi connectivity index (χ3n) is 2.70. The molecule has 0 bridgehead atoms. The largest absolute Gasteiger partial charge is 0.387 e. The summed E-state index contributed by atoms with van der Waals surface area (Å²) in [4.78, 5) is 12.2. The molecule has 0 aliphatic heterocycles.